The molecule has 0 heterocycles. The van der Waals surface area contributed by atoms with Crippen molar-refractivity contribution in [3.05, 3.63) is 70.8 Å². The molecule has 0 radical (unpaired) electrons. The summed E-state index contributed by atoms with van der Waals surface area (Å²) in [5.74, 6) is -0.195. The van der Waals surface area contributed by atoms with Crippen LogP contribution in [-0.2, 0) is 11.3 Å². The Morgan fingerprint density at radius 1 is 1.04 bits per heavy atom. The van der Waals surface area contributed by atoms with Gasteiger partial charge in [0.05, 0.1) is 0 Å². The first-order chi connectivity index (χ1) is 11.0. The van der Waals surface area contributed by atoms with Crippen molar-refractivity contribution in [3.8, 4) is 0 Å². The second-order valence-electron chi connectivity index (χ2n) is 4.79. The summed E-state index contributed by atoms with van der Waals surface area (Å²) in [7, 11) is 0. The van der Waals surface area contributed by atoms with Crippen molar-refractivity contribution in [2.24, 2.45) is 5.73 Å². The van der Waals surface area contributed by atoms with Crippen molar-refractivity contribution < 1.29 is 9.59 Å². The molecule has 4 N–H and O–H groups in total. The van der Waals surface area contributed by atoms with Gasteiger partial charge in [0.1, 0.15) is 0 Å². The van der Waals surface area contributed by atoms with Gasteiger partial charge in [0.2, 0.25) is 5.91 Å². The second-order valence-corrected chi connectivity index (χ2v) is 5.23. The summed E-state index contributed by atoms with van der Waals surface area (Å²) in [6.07, 6.45) is 3.18. The fourth-order valence-corrected chi connectivity index (χ4v) is 1.97. The Morgan fingerprint density at radius 3 is 2.30 bits per heavy atom. The number of nitrogens with one attached hydrogen (secondary N) is 2. The molecule has 0 unspecified atom stereocenters. The van der Waals surface area contributed by atoms with E-state index in [0.717, 1.165) is 11.1 Å². The molecular weight excluding hydrogens is 314 g/mol. The van der Waals surface area contributed by atoms with E-state index in [4.69, 9.17) is 17.3 Å². The highest BCUT2D eigenvalue weighted by Gasteiger charge is 1.99. The number of nitrogens with two attached hydrogens (primary N) is 1. The molecule has 23 heavy (non-hydrogen) atoms. The lowest BCUT2D eigenvalue weighted by Crippen LogP contribution is -2.20. The van der Waals surface area contributed by atoms with Gasteiger partial charge in [0.25, 0.3) is 0 Å². The van der Waals surface area contributed by atoms with E-state index in [1.54, 1.807) is 42.5 Å². The highest BCUT2D eigenvalue weighted by molar-refractivity contribution is 6.30. The topological polar surface area (TPSA) is 84.2 Å². The van der Waals surface area contributed by atoms with E-state index in [1.807, 2.05) is 12.1 Å². The Hall–Kier alpha value is -2.79. The summed E-state index contributed by atoms with van der Waals surface area (Å²) in [4.78, 5) is 22.5. The normalized spacial score (nSPS) is 10.5. The van der Waals surface area contributed by atoms with Gasteiger partial charge in [-0.1, -0.05) is 35.9 Å². The Morgan fingerprint density at radius 2 is 1.70 bits per heavy atom. The molecule has 0 aromatic heterocycles. The average molecular weight is 330 g/mol. The SMILES string of the molecule is NC(=O)Nc1ccc(CNC(=O)/C=C/c2ccc(Cl)cc2)cc1. The van der Waals surface area contributed by atoms with Crippen molar-refractivity contribution in [2.75, 3.05) is 5.32 Å². The molecule has 0 spiro atoms. The number of rotatable bonds is 5. The van der Waals surface area contributed by atoms with E-state index in [0.29, 0.717) is 17.3 Å². The van der Waals surface area contributed by atoms with Crippen LogP contribution in [0.2, 0.25) is 5.02 Å². The second kappa shape index (κ2) is 8.00. The van der Waals surface area contributed by atoms with Crippen LogP contribution in [0.4, 0.5) is 10.5 Å². The summed E-state index contributed by atoms with van der Waals surface area (Å²) >= 11 is 5.80. The summed E-state index contributed by atoms with van der Waals surface area (Å²) in [5.41, 5.74) is 7.44. The Balaban J connectivity index is 1.84. The summed E-state index contributed by atoms with van der Waals surface area (Å²) in [5, 5.41) is 5.90. The summed E-state index contributed by atoms with van der Waals surface area (Å²) in [6, 6.07) is 13.6. The number of primary amides is 1. The van der Waals surface area contributed by atoms with Gasteiger partial charge in [-0.25, -0.2) is 4.79 Å². The minimum Gasteiger partial charge on any atom is -0.351 e. The molecule has 0 aliphatic heterocycles. The molecule has 0 atom stereocenters. The lowest BCUT2D eigenvalue weighted by Gasteiger charge is -2.05. The molecule has 118 valence electrons. The van der Waals surface area contributed by atoms with Crippen LogP contribution < -0.4 is 16.4 Å². The lowest BCUT2D eigenvalue weighted by molar-refractivity contribution is -0.116. The minimum absolute atomic E-state index is 0.195. The molecule has 2 rings (SSSR count). The Kier molecular flexibility index (Phi) is 5.77. The number of benzene rings is 2. The fourth-order valence-electron chi connectivity index (χ4n) is 1.84. The molecule has 0 saturated carbocycles. The zero-order valence-electron chi connectivity index (χ0n) is 12.3. The van der Waals surface area contributed by atoms with Crippen LogP contribution in [0.5, 0.6) is 0 Å². The molecule has 0 aliphatic carbocycles. The third-order valence-corrected chi connectivity index (χ3v) is 3.24. The van der Waals surface area contributed by atoms with E-state index in [9.17, 15) is 9.59 Å². The molecule has 0 aliphatic rings. The average Bonchev–Trinajstić information content (AvgIpc) is 2.53. The number of carbonyl (C=O) groups excluding carboxylic acids is 2. The highest BCUT2D eigenvalue weighted by atomic mass is 35.5. The van der Waals surface area contributed by atoms with Crippen LogP contribution in [0, 0.1) is 0 Å². The maximum absolute atomic E-state index is 11.8. The highest BCUT2D eigenvalue weighted by Crippen LogP contribution is 2.11. The zero-order valence-corrected chi connectivity index (χ0v) is 13.0. The first kappa shape index (κ1) is 16.6. The van der Waals surface area contributed by atoms with Crippen LogP contribution in [-0.4, -0.2) is 11.9 Å². The number of urea groups is 1. The molecule has 0 saturated heterocycles. The van der Waals surface area contributed by atoms with Crippen LogP contribution in [0.1, 0.15) is 11.1 Å². The predicted molar refractivity (Wildman–Crippen MR) is 92.0 cm³/mol. The maximum Gasteiger partial charge on any atom is 0.316 e. The number of carbonyl (C=O) groups is 2. The summed E-state index contributed by atoms with van der Waals surface area (Å²) in [6.45, 7) is 0.390. The quantitative estimate of drug-likeness (QED) is 0.736. The van der Waals surface area contributed by atoms with Gasteiger partial charge in [-0.15, -0.1) is 0 Å². The Labute approximate surface area is 139 Å². The monoisotopic (exact) mass is 329 g/mol. The van der Waals surface area contributed by atoms with Crippen LogP contribution >= 0.6 is 11.6 Å². The van der Waals surface area contributed by atoms with Gasteiger partial charge in [-0.2, -0.15) is 0 Å². The van der Waals surface area contributed by atoms with Gasteiger partial charge >= 0.3 is 6.03 Å². The maximum atomic E-state index is 11.8. The van der Waals surface area contributed by atoms with Crippen molar-refractivity contribution in [1.82, 2.24) is 5.32 Å². The van der Waals surface area contributed by atoms with Gasteiger partial charge in [-0.3, -0.25) is 4.79 Å². The molecule has 0 bridgehead atoms. The van der Waals surface area contributed by atoms with E-state index in [2.05, 4.69) is 10.6 Å². The van der Waals surface area contributed by atoms with Gasteiger partial charge < -0.3 is 16.4 Å². The number of anilines is 1. The van der Waals surface area contributed by atoms with Gasteiger partial charge in [0, 0.05) is 23.3 Å². The molecule has 0 fully saturated rings. The third-order valence-electron chi connectivity index (χ3n) is 2.99. The fraction of sp³-hybridized carbons (Fsp3) is 0.0588. The minimum atomic E-state index is -0.613. The number of amides is 3. The van der Waals surface area contributed by atoms with Crippen molar-refractivity contribution in [2.45, 2.75) is 6.54 Å². The molecule has 5 nitrogen and oxygen atoms in total. The molecule has 6 heteroatoms. The van der Waals surface area contributed by atoms with Crippen molar-refractivity contribution >= 4 is 35.3 Å². The Bertz CT molecular complexity index is 710. The smallest absolute Gasteiger partial charge is 0.316 e. The molecule has 2 aromatic rings. The zero-order chi connectivity index (χ0) is 16.7. The van der Waals surface area contributed by atoms with Gasteiger partial charge in [-0.05, 0) is 41.5 Å². The van der Waals surface area contributed by atoms with Crippen LogP contribution in [0.25, 0.3) is 6.08 Å². The molecule has 2 aromatic carbocycles. The van der Waals surface area contributed by atoms with E-state index < -0.39 is 6.03 Å². The standard InChI is InChI=1S/C17H16ClN3O2/c18-14-6-1-12(2-7-14)5-10-16(22)20-11-13-3-8-15(9-4-13)21-17(19)23/h1-10H,11H2,(H,20,22)(H3,19,21,23)/b10-5+. The predicted octanol–water partition coefficient (Wildman–Crippen LogP) is 3.16. The van der Waals surface area contributed by atoms with Crippen LogP contribution in [0.15, 0.2) is 54.6 Å². The van der Waals surface area contributed by atoms with Gasteiger partial charge in [0.15, 0.2) is 0 Å². The third kappa shape index (κ3) is 5.84. The number of hydrogen-bond acceptors (Lipinski definition) is 2. The molecular formula is C17H16ClN3O2. The van der Waals surface area contributed by atoms with E-state index >= 15 is 0 Å². The lowest BCUT2D eigenvalue weighted by atomic mass is 10.2. The van der Waals surface area contributed by atoms with E-state index in [1.165, 1.54) is 6.08 Å². The largest absolute Gasteiger partial charge is 0.351 e. The first-order valence-corrected chi connectivity index (χ1v) is 7.27. The van der Waals surface area contributed by atoms with Crippen molar-refractivity contribution in [1.29, 1.82) is 0 Å². The van der Waals surface area contributed by atoms with Crippen molar-refractivity contribution in [3.63, 3.8) is 0 Å². The van der Waals surface area contributed by atoms with E-state index in [-0.39, 0.29) is 5.91 Å². The number of halogens is 1. The van der Waals surface area contributed by atoms with Crippen LogP contribution in [0.3, 0.4) is 0 Å². The molecule has 3 amide bonds. The summed E-state index contributed by atoms with van der Waals surface area (Å²) < 4.78 is 0. The number of hydrogen-bond donors (Lipinski definition) is 3. The first-order valence-electron chi connectivity index (χ1n) is 6.90.